The molecular formula is C34H42F5NO3. The van der Waals surface area contributed by atoms with Gasteiger partial charge in [-0.25, -0.2) is 8.78 Å². The molecule has 1 amide bonds. The van der Waals surface area contributed by atoms with Crippen molar-refractivity contribution in [1.82, 2.24) is 4.90 Å². The van der Waals surface area contributed by atoms with Gasteiger partial charge in [-0.1, -0.05) is 56.3 Å². The molecule has 5 rings (SSSR count). The Morgan fingerprint density at radius 1 is 1.05 bits per heavy atom. The van der Waals surface area contributed by atoms with E-state index in [0.29, 0.717) is 37.8 Å². The zero-order chi connectivity index (χ0) is 30.8. The van der Waals surface area contributed by atoms with E-state index in [1.165, 1.54) is 11.6 Å². The van der Waals surface area contributed by atoms with Crippen molar-refractivity contribution in [3.05, 3.63) is 65.2 Å². The van der Waals surface area contributed by atoms with E-state index < -0.39 is 30.0 Å². The molecule has 2 fully saturated rings. The van der Waals surface area contributed by atoms with Crippen LogP contribution in [0.3, 0.4) is 0 Å². The maximum atomic E-state index is 14.7. The van der Waals surface area contributed by atoms with Crippen LogP contribution < -0.4 is 4.74 Å². The van der Waals surface area contributed by atoms with Crippen molar-refractivity contribution in [2.75, 3.05) is 19.8 Å². The Morgan fingerprint density at radius 3 is 2.42 bits per heavy atom. The Hall–Kier alpha value is -2.68. The quantitative estimate of drug-likeness (QED) is 0.283. The zero-order valence-corrected chi connectivity index (χ0v) is 25.0. The number of piperidine rings is 1. The summed E-state index contributed by atoms with van der Waals surface area (Å²) in [6.07, 6.45) is -1.47. The number of carbonyl (C=O) groups is 1. The molecular weight excluding hydrogens is 565 g/mol. The summed E-state index contributed by atoms with van der Waals surface area (Å²) < 4.78 is 78.6. The van der Waals surface area contributed by atoms with Gasteiger partial charge < -0.3 is 14.4 Å². The Morgan fingerprint density at radius 2 is 1.77 bits per heavy atom. The molecule has 1 saturated carbocycles. The van der Waals surface area contributed by atoms with Crippen LogP contribution in [-0.2, 0) is 21.6 Å². The molecule has 4 nitrogen and oxygen atoms in total. The average Bonchev–Trinajstić information content (AvgIpc) is 3.00. The first kappa shape index (κ1) is 31.7. The molecule has 3 aliphatic rings. The van der Waals surface area contributed by atoms with E-state index >= 15 is 0 Å². The van der Waals surface area contributed by atoms with Gasteiger partial charge in [0.2, 0.25) is 11.8 Å². The molecule has 0 bridgehead atoms. The van der Waals surface area contributed by atoms with E-state index in [4.69, 9.17) is 9.47 Å². The smallest absolute Gasteiger partial charge is 0.422 e. The Labute approximate surface area is 250 Å². The SMILES string of the molecule is CC[C@@H](C(=O)N1CC[C@@H](c2ccccc2)C[C@H]1C1CCC(F)(F)CC1)[C@]1(CC)COCc2c(OCC(F)(F)F)cccc21. The van der Waals surface area contributed by atoms with Gasteiger partial charge in [0.25, 0.3) is 0 Å². The van der Waals surface area contributed by atoms with Crippen molar-refractivity contribution in [3.8, 4) is 5.75 Å². The standard InChI is InChI=1S/C34H42F5NO3/c1-3-27(32(4-2)21-42-20-26-28(32)11-8-12-30(26)43-22-34(37,38)39)31(41)40-18-15-25(23-9-6-5-7-10-23)19-29(40)24-13-16-33(35,36)17-14-24/h5-12,24-25,27,29H,3-4,13-22H2,1-2H3/t25-,27+,29+,32+/m1/s1. The first-order valence-corrected chi connectivity index (χ1v) is 15.6. The molecule has 43 heavy (non-hydrogen) atoms. The Bertz CT molecular complexity index is 1240. The molecule has 1 saturated heterocycles. The number of rotatable bonds is 8. The van der Waals surface area contributed by atoms with Crippen LogP contribution in [0, 0.1) is 11.8 Å². The number of hydrogen-bond acceptors (Lipinski definition) is 3. The topological polar surface area (TPSA) is 38.8 Å². The summed E-state index contributed by atoms with van der Waals surface area (Å²) in [6, 6.07) is 15.1. The molecule has 236 valence electrons. The summed E-state index contributed by atoms with van der Waals surface area (Å²) in [6.45, 7) is 3.46. The molecule has 0 aromatic heterocycles. The van der Waals surface area contributed by atoms with Crippen molar-refractivity contribution in [2.24, 2.45) is 11.8 Å². The second-order valence-electron chi connectivity index (χ2n) is 12.6. The summed E-state index contributed by atoms with van der Waals surface area (Å²) in [4.78, 5) is 16.7. The molecule has 2 aliphatic heterocycles. The Kier molecular flexibility index (Phi) is 9.40. The third-order valence-corrected chi connectivity index (χ3v) is 10.2. The molecule has 9 heteroatoms. The molecule has 0 spiro atoms. The van der Waals surface area contributed by atoms with Crippen molar-refractivity contribution >= 4 is 5.91 Å². The monoisotopic (exact) mass is 607 g/mol. The lowest BCUT2D eigenvalue weighted by Crippen LogP contribution is -2.56. The number of alkyl halides is 5. The fourth-order valence-electron chi connectivity index (χ4n) is 7.91. The van der Waals surface area contributed by atoms with Gasteiger partial charge in [0.1, 0.15) is 5.75 Å². The minimum atomic E-state index is -4.48. The van der Waals surface area contributed by atoms with Gasteiger partial charge in [0.15, 0.2) is 6.61 Å². The highest BCUT2D eigenvalue weighted by molar-refractivity contribution is 5.81. The number of nitrogens with zero attached hydrogens (tertiary/aromatic N) is 1. The van der Waals surface area contributed by atoms with Gasteiger partial charge >= 0.3 is 6.18 Å². The minimum absolute atomic E-state index is 0.0116. The Balaban J connectivity index is 1.46. The fourth-order valence-corrected chi connectivity index (χ4v) is 7.91. The number of halogens is 5. The number of amides is 1. The van der Waals surface area contributed by atoms with Crippen molar-refractivity contribution in [3.63, 3.8) is 0 Å². The number of likely N-dealkylation sites (tertiary alicyclic amines) is 1. The summed E-state index contributed by atoms with van der Waals surface area (Å²) >= 11 is 0. The summed E-state index contributed by atoms with van der Waals surface area (Å²) in [5.41, 5.74) is 1.81. The van der Waals surface area contributed by atoms with Crippen LogP contribution in [0.5, 0.6) is 5.75 Å². The van der Waals surface area contributed by atoms with Crippen LogP contribution in [0.25, 0.3) is 0 Å². The van der Waals surface area contributed by atoms with E-state index in [1.807, 2.05) is 43.0 Å². The fraction of sp³-hybridized carbons (Fsp3) is 0.618. The average molecular weight is 608 g/mol. The van der Waals surface area contributed by atoms with Crippen LogP contribution in [-0.4, -0.2) is 48.7 Å². The van der Waals surface area contributed by atoms with Crippen molar-refractivity contribution < 1.29 is 36.2 Å². The van der Waals surface area contributed by atoms with Crippen LogP contribution in [0.2, 0.25) is 0 Å². The highest BCUT2D eigenvalue weighted by Gasteiger charge is 2.50. The van der Waals surface area contributed by atoms with Gasteiger partial charge in [-0.2, -0.15) is 13.2 Å². The predicted octanol–water partition coefficient (Wildman–Crippen LogP) is 8.43. The third-order valence-electron chi connectivity index (χ3n) is 10.2. The van der Waals surface area contributed by atoms with Gasteiger partial charge in [0.05, 0.1) is 13.2 Å². The third kappa shape index (κ3) is 6.71. The van der Waals surface area contributed by atoms with Crippen LogP contribution >= 0.6 is 0 Å². The maximum absolute atomic E-state index is 14.7. The van der Waals surface area contributed by atoms with E-state index in [0.717, 1.165) is 18.4 Å². The van der Waals surface area contributed by atoms with E-state index in [9.17, 15) is 26.7 Å². The summed E-state index contributed by atoms with van der Waals surface area (Å²) in [5.74, 6) is -2.82. The number of fused-ring (bicyclic) bond motifs is 1. The molecule has 1 aliphatic carbocycles. The summed E-state index contributed by atoms with van der Waals surface area (Å²) in [5, 5.41) is 0. The second-order valence-corrected chi connectivity index (χ2v) is 12.6. The normalized spacial score (nSPS) is 26.9. The minimum Gasteiger partial charge on any atom is -0.484 e. The van der Waals surface area contributed by atoms with Crippen molar-refractivity contribution in [2.45, 2.75) is 101 Å². The molecule has 2 aromatic carbocycles. The number of hydrogen-bond donors (Lipinski definition) is 0. The van der Waals surface area contributed by atoms with Gasteiger partial charge in [0, 0.05) is 42.3 Å². The number of benzene rings is 2. The lowest BCUT2D eigenvalue weighted by Gasteiger charge is -2.50. The van der Waals surface area contributed by atoms with Gasteiger partial charge in [-0.15, -0.1) is 0 Å². The second kappa shape index (κ2) is 12.7. The maximum Gasteiger partial charge on any atom is 0.422 e. The molecule has 2 aromatic rings. The van der Waals surface area contributed by atoms with Crippen LogP contribution in [0.15, 0.2) is 48.5 Å². The molecule has 0 radical (unpaired) electrons. The van der Waals surface area contributed by atoms with Crippen molar-refractivity contribution in [1.29, 1.82) is 0 Å². The first-order chi connectivity index (χ1) is 20.5. The zero-order valence-electron chi connectivity index (χ0n) is 25.0. The number of ether oxygens (including phenoxy) is 2. The predicted molar refractivity (Wildman–Crippen MR) is 154 cm³/mol. The molecule has 4 atom stereocenters. The van der Waals surface area contributed by atoms with Crippen LogP contribution in [0.4, 0.5) is 22.0 Å². The molecule has 0 N–H and O–H groups in total. The molecule has 2 heterocycles. The highest BCUT2D eigenvalue weighted by Crippen LogP contribution is 2.48. The summed E-state index contributed by atoms with van der Waals surface area (Å²) in [7, 11) is 0. The molecule has 0 unspecified atom stereocenters. The van der Waals surface area contributed by atoms with E-state index in [-0.39, 0.29) is 55.6 Å². The van der Waals surface area contributed by atoms with Gasteiger partial charge in [-0.05, 0) is 67.6 Å². The van der Waals surface area contributed by atoms with E-state index in [1.54, 1.807) is 6.07 Å². The number of carbonyl (C=O) groups excluding carboxylic acids is 1. The lowest BCUT2D eigenvalue weighted by molar-refractivity contribution is -0.153. The largest absolute Gasteiger partial charge is 0.484 e. The highest BCUT2D eigenvalue weighted by atomic mass is 19.4. The lowest BCUT2D eigenvalue weighted by atomic mass is 9.64. The van der Waals surface area contributed by atoms with Gasteiger partial charge in [-0.3, -0.25) is 4.79 Å². The first-order valence-electron chi connectivity index (χ1n) is 15.6. The van der Waals surface area contributed by atoms with E-state index in [2.05, 4.69) is 12.1 Å². The van der Waals surface area contributed by atoms with Crippen LogP contribution in [0.1, 0.15) is 87.8 Å².